The van der Waals surface area contributed by atoms with Gasteiger partial charge in [-0.25, -0.2) is 4.79 Å². The molecule has 0 amide bonds. The van der Waals surface area contributed by atoms with Gasteiger partial charge in [0.25, 0.3) is 0 Å². The molecule has 2 saturated carbocycles. The lowest BCUT2D eigenvalue weighted by atomic mass is 9.59. The van der Waals surface area contributed by atoms with Gasteiger partial charge in [-0.2, -0.15) is 0 Å². The molecule has 0 spiro atoms. The summed E-state index contributed by atoms with van der Waals surface area (Å²) in [6.45, 7) is 8.85. The van der Waals surface area contributed by atoms with Gasteiger partial charge in [0.15, 0.2) is 11.4 Å². The fourth-order valence-electron chi connectivity index (χ4n) is 8.58. The normalized spacial score (nSPS) is 36.4. The van der Waals surface area contributed by atoms with E-state index in [9.17, 15) is 29.7 Å². The number of aliphatic hydroxyl groups is 3. The Bertz CT molecular complexity index is 1450. The lowest BCUT2D eigenvalue weighted by Gasteiger charge is -2.53. The van der Waals surface area contributed by atoms with Gasteiger partial charge in [-0.1, -0.05) is 82.4 Å². The van der Waals surface area contributed by atoms with E-state index in [2.05, 4.69) is 19.1 Å². The number of benzene rings is 1. The topological polar surface area (TPSA) is 130 Å². The van der Waals surface area contributed by atoms with E-state index in [-0.39, 0.29) is 12.8 Å². The van der Waals surface area contributed by atoms with E-state index < -0.39 is 76.3 Å². The Morgan fingerprint density at radius 3 is 2.40 bits per heavy atom. The molecule has 4 aliphatic rings. The Labute approximate surface area is 265 Å². The number of ketones is 1. The standard InChI is InChI=1S/C37H46O8/c1-6-7-8-9-10-11-15-18-29(39)45-37-30(34(37,4)5)27-20-25(22-38)21-35(42)28(19-23(2)31(35)40)36(27,43)24(3)32(37)44-33(41)26-16-13-12-14-17-26/h7-8,10-14,16-17,19-20,24,27-28,30,32,38,42-43H,6,9,15,18,21-22H2,1-5H3. The number of rotatable bonds is 10. The Balaban J connectivity index is 1.56. The zero-order valence-electron chi connectivity index (χ0n) is 26.9. The monoisotopic (exact) mass is 618 g/mol. The van der Waals surface area contributed by atoms with Gasteiger partial charge in [0, 0.05) is 41.9 Å². The molecule has 8 nitrogen and oxygen atoms in total. The molecule has 3 N–H and O–H groups in total. The summed E-state index contributed by atoms with van der Waals surface area (Å²) in [6.07, 6.45) is 12.6. The SMILES string of the molecule is CCC=CCC=CCCC(=O)OC12C(OC(=O)c3ccccc3)C(C)C3(O)C(C=C(CO)CC4(O)C(=O)C(C)=CC43)C1C2(C)C. The molecular formula is C37H46O8. The minimum atomic E-state index is -1.97. The van der Waals surface area contributed by atoms with Crippen LogP contribution >= 0.6 is 0 Å². The van der Waals surface area contributed by atoms with Crippen molar-refractivity contribution in [2.75, 3.05) is 6.61 Å². The second-order valence-corrected chi connectivity index (χ2v) is 13.7. The number of fused-ring (bicyclic) bond motifs is 5. The first kappa shape index (κ1) is 33.0. The molecule has 242 valence electrons. The summed E-state index contributed by atoms with van der Waals surface area (Å²) in [5.41, 5.74) is -4.74. The van der Waals surface area contributed by atoms with Crippen LogP contribution in [-0.4, -0.2) is 62.6 Å². The quantitative estimate of drug-likeness (QED) is 0.246. The second-order valence-electron chi connectivity index (χ2n) is 13.7. The number of esters is 2. The van der Waals surface area contributed by atoms with Crippen molar-refractivity contribution in [1.29, 1.82) is 0 Å². The number of carbonyl (C=O) groups excluding carboxylic acids is 3. The predicted octanol–water partition coefficient (Wildman–Crippen LogP) is 5.04. The molecule has 0 bridgehead atoms. The van der Waals surface area contributed by atoms with Crippen LogP contribution in [0.5, 0.6) is 0 Å². The van der Waals surface area contributed by atoms with Crippen LogP contribution in [0.1, 0.15) is 77.1 Å². The summed E-state index contributed by atoms with van der Waals surface area (Å²) in [5, 5.41) is 35.1. The summed E-state index contributed by atoms with van der Waals surface area (Å²) in [7, 11) is 0. The average Bonchev–Trinajstić information content (AvgIpc) is 3.44. The minimum absolute atomic E-state index is 0.123. The van der Waals surface area contributed by atoms with E-state index >= 15 is 0 Å². The highest BCUT2D eigenvalue weighted by Crippen LogP contribution is 2.77. The fourth-order valence-corrected chi connectivity index (χ4v) is 8.58. The van der Waals surface area contributed by atoms with Crippen molar-refractivity contribution in [2.45, 2.75) is 89.6 Å². The molecule has 0 aromatic heterocycles. The molecule has 2 fully saturated rings. The largest absolute Gasteiger partial charge is 0.454 e. The molecule has 45 heavy (non-hydrogen) atoms. The van der Waals surface area contributed by atoms with Gasteiger partial charge >= 0.3 is 11.9 Å². The Morgan fingerprint density at radius 2 is 1.73 bits per heavy atom. The van der Waals surface area contributed by atoms with Gasteiger partial charge in [-0.15, -0.1) is 0 Å². The maximum Gasteiger partial charge on any atom is 0.338 e. The summed E-state index contributed by atoms with van der Waals surface area (Å²) < 4.78 is 12.7. The van der Waals surface area contributed by atoms with E-state index in [1.54, 1.807) is 56.3 Å². The Kier molecular flexibility index (Phi) is 8.90. The molecule has 8 atom stereocenters. The second kappa shape index (κ2) is 12.1. The molecule has 8 heteroatoms. The van der Waals surface area contributed by atoms with Crippen LogP contribution in [0, 0.1) is 29.1 Å². The van der Waals surface area contributed by atoms with Crippen molar-refractivity contribution in [3.63, 3.8) is 0 Å². The molecule has 1 aromatic carbocycles. The van der Waals surface area contributed by atoms with Gasteiger partial charge in [0.2, 0.25) is 0 Å². The summed E-state index contributed by atoms with van der Waals surface area (Å²) in [6, 6.07) is 8.49. The first-order valence-electron chi connectivity index (χ1n) is 16.1. The lowest BCUT2D eigenvalue weighted by Crippen LogP contribution is -2.66. The number of allylic oxidation sites excluding steroid dienone is 4. The zero-order valence-corrected chi connectivity index (χ0v) is 26.9. The highest BCUT2D eigenvalue weighted by molar-refractivity contribution is 6.04. The van der Waals surface area contributed by atoms with E-state index in [0.717, 1.165) is 12.8 Å². The molecule has 0 saturated heterocycles. The van der Waals surface area contributed by atoms with Crippen LogP contribution in [0.4, 0.5) is 0 Å². The van der Waals surface area contributed by atoms with E-state index in [4.69, 9.17) is 9.47 Å². The van der Waals surface area contributed by atoms with Crippen LogP contribution in [0.15, 0.2) is 77.9 Å². The third-order valence-corrected chi connectivity index (χ3v) is 10.8. The van der Waals surface area contributed by atoms with Crippen LogP contribution < -0.4 is 0 Å². The Morgan fingerprint density at radius 1 is 1.04 bits per heavy atom. The number of carbonyl (C=O) groups is 3. The number of aliphatic hydroxyl groups excluding tert-OH is 1. The highest BCUT2D eigenvalue weighted by Gasteiger charge is 2.88. The maximum atomic E-state index is 13.6. The van der Waals surface area contributed by atoms with Crippen LogP contribution in [0.25, 0.3) is 0 Å². The fraction of sp³-hybridized carbons (Fsp3) is 0.541. The Hall–Kier alpha value is -3.33. The number of ether oxygens (including phenoxy) is 2. The molecular weight excluding hydrogens is 572 g/mol. The number of Topliss-reactive ketones (excluding diaryl/α,β-unsaturated/α-hetero) is 1. The van der Waals surface area contributed by atoms with Gasteiger partial charge < -0.3 is 24.8 Å². The van der Waals surface area contributed by atoms with Crippen molar-refractivity contribution < 1.29 is 39.2 Å². The van der Waals surface area contributed by atoms with Gasteiger partial charge in [0.05, 0.1) is 17.8 Å². The summed E-state index contributed by atoms with van der Waals surface area (Å²) in [5.74, 6) is -4.74. The zero-order chi connectivity index (χ0) is 32.8. The first-order chi connectivity index (χ1) is 21.3. The number of hydrogen-bond acceptors (Lipinski definition) is 8. The van der Waals surface area contributed by atoms with Crippen molar-refractivity contribution >= 4 is 17.7 Å². The van der Waals surface area contributed by atoms with Crippen molar-refractivity contribution in [1.82, 2.24) is 0 Å². The third-order valence-electron chi connectivity index (χ3n) is 10.8. The van der Waals surface area contributed by atoms with E-state index in [0.29, 0.717) is 23.1 Å². The van der Waals surface area contributed by atoms with E-state index in [1.165, 1.54) is 0 Å². The van der Waals surface area contributed by atoms with Gasteiger partial charge in [0.1, 0.15) is 11.7 Å². The molecule has 8 unspecified atom stereocenters. The summed E-state index contributed by atoms with van der Waals surface area (Å²) in [4.78, 5) is 40.5. The summed E-state index contributed by atoms with van der Waals surface area (Å²) >= 11 is 0. The minimum Gasteiger partial charge on any atom is -0.454 e. The van der Waals surface area contributed by atoms with Crippen LogP contribution in [0.3, 0.4) is 0 Å². The van der Waals surface area contributed by atoms with Crippen molar-refractivity contribution in [2.24, 2.45) is 29.1 Å². The predicted molar refractivity (Wildman–Crippen MR) is 169 cm³/mol. The molecule has 0 aliphatic heterocycles. The first-order valence-corrected chi connectivity index (χ1v) is 16.1. The average molecular weight is 619 g/mol. The molecule has 5 rings (SSSR count). The third kappa shape index (κ3) is 5.15. The van der Waals surface area contributed by atoms with Gasteiger partial charge in [-0.05, 0) is 49.5 Å². The van der Waals surface area contributed by atoms with Crippen molar-refractivity contribution in [3.05, 3.63) is 83.5 Å². The lowest BCUT2D eigenvalue weighted by molar-refractivity contribution is -0.219. The van der Waals surface area contributed by atoms with E-state index in [1.807, 2.05) is 26.0 Å². The highest BCUT2D eigenvalue weighted by atomic mass is 16.6. The molecule has 0 radical (unpaired) electrons. The molecule has 1 aromatic rings. The molecule has 4 aliphatic carbocycles. The van der Waals surface area contributed by atoms with Gasteiger partial charge in [-0.3, -0.25) is 9.59 Å². The maximum absolute atomic E-state index is 13.6. The molecule has 0 heterocycles. The van der Waals surface area contributed by atoms with Crippen LogP contribution in [-0.2, 0) is 19.1 Å². The van der Waals surface area contributed by atoms with Crippen molar-refractivity contribution in [3.8, 4) is 0 Å². The van der Waals surface area contributed by atoms with Crippen LogP contribution in [0.2, 0.25) is 0 Å². The number of hydrogen-bond donors (Lipinski definition) is 3. The smallest absolute Gasteiger partial charge is 0.338 e.